The van der Waals surface area contributed by atoms with Gasteiger partial charge in [-0.05, 0) is 62.2 Å². The lowest BCUT2D eigenvalue weighted by Gasteiger charge is -2.10. The van der Waals surface area contributed by atoms with Gasteiger partial charge in [-0.2, -0.15) is 4.98 Å². The molecular weight excluding hydrogens is 405 g/mol. The number of aromatic nitrogens is 2. The van der Waals surface area contributed by atoms with Crippen LogP contribution in [0.2, 0.25) is 5.02 Å². The van der Waals surface area contributed by atoms with Gasteiger partial charge < -0.3 is 16.0 Å². The normalized spacial score (nSPS) is 10.5. The van der Waals surface area contributed by atoms with Gasteiger partial charge in [-0.3, -0.25) is 4.79 Å². The lowest BCUT2D eigenvalue weighted by Crippen LogP contribution is -2.12. The van der Waals surface area contributed by atoms with E-state index >= 15 is 0 Å². The Morgan fingerprint density at radius 1 is 1.07 bits per heavy atom. The maximum absolute atomic E-state index is 13.2. The van der Waals surface area contributed by atoms with Gasteiger partial charge in [-0.15, -0.1) is 0 Å². The maximum Gasteiger partial charge on any atom is 0.224 e. The molecule has 156 valence electrons. The zero-order valence-corrected chi connectivity index (χ0v) is 17.6. The number of aryl methyl sites for hydroxylation is 2. The van der Waals surface area contributed by atoms with Crippen LogP contribution in [0.1, 0.15) is 24.6 Å². The van der Waals surface area contributed by atoms with E-state index in [2.05, 4.69) is 25.9 Å². The minimum absolute atomic E-state index is 0.0625. The molecule has 1 heterocycles. The molecule has 6 nitrogen and oxygen atoms in total. The number of carbonyl (C=O) groups is 1. The molecule has 2 aromatic carbocycles. The Labute approximate surface area is 179 Å². The molecule has 0 aliphatic rings. The molecule has 3 N–H and O–H groups in total. The number of amides is 1. The van der Waals surface area contributed by atoms with Crippen molar-refractivity contribution in [1.82, 2.24) is 9.97 Å². The average molecular weight is 428 g/mol. The highest BCUT2D eigenvalue weighted by Gasteiger charge is 2.07. The van der Waals surface area contributed by atoms with E-state index < -0.39 is 5.82 Å². The number of hydrogen-bond acceptors (Lipinski definition) is 5. The summed E-state index contributed by atoms with van der Waals surface area (Å²) in [4.78, 5) is 20.9. The number of nitrogens with zero attached hydrogens (tertiary/aromatic N) is 2. The molecule has 8 heteroatoms. The highest BCUT2D eigenvalue weighted by atomic mass is 35.5. The van der Waals surface area contributed by atoms with Gasteiger partial charge in [0.1, 0.15) is 11.6 Å². The van der Waals surface area contributed by atoms with Gasteiger partial charge in [0.25, 0.3) is 0 Å². The van der Waals surface area contributed by atoms with E-state index in [-0.39, 0.29) is 17.4 Å². The minimum atomic E-state index is -0.464. The summed E-state index contributed by atoms with van der Waals surface area (Å²) in [6, 6.07) is 13.7. The molecule has 0 aliphatic heterocycles. The number of benzene rings is 2. The van der Waals surface area contributed by atoms with Gasteiger partial charge in [0, 0.05) is 36.1 Å². The maximum atomic E-state index is 13.2. The van der Waals surface area contributed by atoms with E-state index in [0.717, 1.165) is 23.5 Å². The van der Waals surface area contributed by atoms with Crippen molar-refractivity contribution < 1.29 is 9.18 Å². The summed E-state index contributed by atoms with van der Waals surface area (Å²) in [6.45, 7) is 4.64. The Bertz CT molecular complexity index is 1030. The van der Waals surface area contributed by atoms with Crippen LogP contribution in [0.15, 0.2) is 48.5 Å². The van der Waals surface area contributed by atoms with E-state index in [0.29, 0.717) is 23.9 Å². The molecule has 0 bridgehead atoms. The fraction of sp³-hybridized carbons (Fsp3) is 0.227. The van der Waals surface area contributed by atoms with Crippen molar-refractivity contribution in [2.45, 2.75) is 26.7 Å². The largest absolute Gasteiger partial charge is 0.354 e. The average Bonchev–Trinajstić information content (AvgIpc) is 2.70. The van der Waals surface area contributed by atoms with Crippen molar-refractivity contribution in [1.29, 1.82) is 0 Å². The first-order chi connectivity index (χ1) is 14.4. The fourth-order valence-corrected chi connectivity index (χ4v) is 3.03. The molecule has 0 fully saturated rings. The third kappa shape index (κ3) is 6.15. The summed E-state index contributed by atoms with van der Waals surface area (Å²) in [5.74, 6) is 0.672. The number of halogens is 2. The Morgan fingerprint density at radius 3 is 2.50 bits per heavy atom. The summed E-state index contributed by atoms with van der Waals surface area (Å²) in [5, 5.41) is 9.25. The second-order valence-electron chi connectivity index (χ2n) is 6.75. The van der Waals surface area contributed by atoms with Crippen LogP contribution in [-0.2, 0) is 11.2 Å². The van der Waals surface area contributed by atoms with Crippen LogP contribution in [-0.4, -0.2) is 22.4 Å². The lowest BCUT2D eigenvalue weighted by molar-refractivity contribution is -0.116. The van der Waals surface area contributed by atoms with Crippen LogP contribution in [0.4, 0.5) is 27.5 Å². The van der Waals surface area contributed by atoms with Crippen molar-refractivity contribution in [2.75, 3.05) is 22.5 Å². The zero-order chi connectivity index (χ0) is 21.5. The van der Waals surface area contributed by atoms with Crippen LogP contribution >= 0.6 is 11.6 Å². The molecule has 1 aromatic heterocycles. The van der Waals surface area contributed by atoms with Gasteiger partial charge in [-0.1, -0.05) is 17.7 Å². The Hall–Kier alpha value is -3.19. The van der Waals surface area contributed by atoms with Crippen LogP contribution in [0.25, 0.3) is 0 Å². The van der Waals surface area contributed by atoms with E-state index in [1.807, 2.05) is 44.2 Å². The van der Waals surface area contributed by atoms with Crippen LogP contribution in [0.5, 0.6) is 0 Å². The predicted molar refractivity (Wildman–Crippen MR) is 119 cm³/mol. The molecule has 30 heavy (non-hydrogen) atoms. The number of hydrogen-bond donors (Lipinski definition) is 3. The van der Waals surface area contributed by atoms with Gasteiger partial charge >= 0.3 is 0 Å². The number of anilines is 4. The molecule has 0 spiro atoms. The number of carbonyl (C=O) groups excluding carboxylic acids is 1. The fourth-order valence-electron chi connectivity index (χ4n) is 2.83. The number of rotatable bonds is 8. The summed E-state index contributed by atoms with van der Waals surface area (Å²) in [5.41, 5.74) is 3.20. The van der Waals surface area contributed by atoms with E-state index in [4.69, 9.17) is 11.6 Å². The van der Waals surface area contributed by atoms with Crippen LogP contribution in [0, 0.1) is 12.7 Å². The van der Waals surface area contributed by atoms with Gasteiger partial charge in [0.15, 0.2) is 0 Å². The Morgan fingerprint density at radius 2 is 1.80 bits per heavy atom. The third-order valence-corrected chi connectivity index (χ3v) is 4.54. The van der Waals surface area contributed by atoms with E-state index in [1.54, 1.807) is 12.1 Å². The molecule has 0 radical (unpaired) electrons. The van der Waals surface area contributed by atoms with Crippen LogP contribution in [0.3, 0.4) is 0 Å². The Kier molecular flexibility index (Phi) is 7.19. The molecule has 0 aliphatic carbocycles. The summed E-state index contributed by atoms with van der Waals surface area (Å²) < 4.78 is 13.2. The predicted octanol–water partition coefficient (Wildman–Crippen LogP) is 5.32. The van der Waals surface area contributed by atoms with E-state index in [1.165, 1.54) is 6.07 Å². The molecule has 1 amide bonds. The van der Waals surface area contributed by atoms with Crippen molar-refractivity contribution >= 4 is 40.6 Å². The van der Waals surface area contributed by atoms with Crippen molar-refractivity contribution in [3.05, 3.63) is 70.6 Å². The quantitative estimate of drug-likeness (QED) is 0.453. The first kappa shape index (κ1) is 21.5. The molecule has 0 atom stereocenters. The molecule has 3 rings (SSSR count). The molecule has 0 saturated heterocycles. The van der Waals surface area contributed by atoms with Gasteiger partial charge in [0.2, 0.25) is 11.9 Å². The van der Waals surface area contributed by atoms with Crippen molar-refractivity contribution in [3.8, 4) is 0 Å². The zero-order valence-electron chi connectivity index (χ0n) is 16.8. The number of nitrogens with one attached hydrogen (secondary N) is 3. The standard InChI is InChI=1S/C22H23ClFN5O/c1-3-25-22-26-14(2)12-20(29-22)27-16-6-8-17(9-7-16)28-21(30)11-5-15-4-10-19(24)18(23)13-15/h4,6-10,12-13H,3,5,11H2,1-2H3,(H,28,30)(H2,25,26,27,29). The topological polar surface area (TPSA) is 78.9 Å². The third-order valence-electron chi connectivity index (χ3n) is 4.25. The molecular formula is C22H23ClFN5O. The molecule has 0 saturated carbocycles. The molecule has 3 aromatic rings. The second-order valence-corrected chi connectivity index (χ2v) is 7.15. The first-order valence-electron chi connectivity index (χ1n) is 9.63. The molecule has 0 unspecified atom stereocenters. The summed E-state index contributed by atoms with van der Waals surface area (Å²) in [6.07, 6.45) is 0.752. The highest BCUT2D eigenvalue weighted by Crippen LogP contribution is 2.20. The van der Waals surface area contributed by atoms with Crippen LogP contribution < -0.4 is 16.0 Å². The smallest absolute Gasteiger partial charge is 0.224 e. The first-order valence-corrected chi connectivity index (χ1v) is 10.0. The SMILES string of the molecule is CCNc1nc(C)cc(Nc2ccc(NC(=O)CCc3ccc(F)c(Cl)c3)cc2)n1. The van der Waals surface area contributed by atoms with Gasteiger partial charge in [0.05, 0.1) is 5.02 Å². The minimum Gasteiger partial charge on any atom is -0.354 e. The highest BCUT2D eigenvalue weighted by molar-refractivity contribution is 6.30. The van der Waals surface area contributed by atoms with E-state index in [9.17, 15) is 9.18 Å². The van der Waals surface area contributed by atoms with Gasteiger partial charge in [-0.25, -0.2) is 9.37 Å². The summed E-state index contributed by atoms with van der Waals surface area (Å²) in [7, 11) is 0. The summed E-state index contributed by atoms with van der Waals surface area (Å²) >= 11 is 5.77. The monoisotopic (exact) mass is 427 g/mol. The van der Waals surface area contributed by atoms with Crippen molar-refractivity contribution in [3.63, 3.8) is 0 Å². The second kappa shape index (κ2) is 10.0. The lowest BCUT2D eigenvalue weighted by atomic mass is 10.1. The van der Waals surface area contributed by atoms with Crippen molar-refractivity contribution in [2.24, 2.45) is 0 Å². The Balaban J connectivity index is 1.55.